The lowest BCUT2D eigenvalue weighted by molar-refractivity contribution is 1.08. The average molecular weight is 289 g/mol. The maximum absolute atomic E-state index is 6.21. The highest BCUT2D eigenvalue weighted by molar-refractivity contribution is 7.17. The highest BCUT2D eigenvalue weighted by Gasteiger charge is 2.09. The van der Waals surface area contributed by atoms with E-state index in [1.54, 1.807) is 11.3 Å². The molecule has 4 heteroatoms. The molecule has 19 heavy (non-hydrogen) atoms. The van der Waals surface area contributed by atoms with E-state index in [1.165, 1.54) is 4.70 Å². The molecule has 0 amide bonds. The molecule has 96 valence electrons. The van der Waals surface area contributed by atoms with Crippen LogP contribution in [0.25, 0.3) is 10.1 Å². The summed E-state index contributed by atoms with van der Waals surface area (Å²) in [6, 6.07) is 12.2. The maximum Gasteiger partial charge on any atom is 0.139 e. The van der Waals surface area contributed by atoms with E-state index in [0.717, 1.165) is 22.5 Å². The van der Waals surface area contributed by atoms with Crippen LogP contribution in [0.5, 0.6) is 0 Å². The van der Waals surface area contributed by atoms with Gasteiger partial charge in [0.05, 0.1) is 5.38 Å². The number of aromatic nitrogens is 1. The number of nitrogens with zero attached hydrogens (tertiary/aromatic N) is 1. The molecule has 2 aromatic heterocycles. The lowest BCUT2D eigenvalue weighted by Crippen LogP contribution is -1.98. The lowest BCUT2D eigenvalue weighted by atomic mass is 10.1. The molecule has 0 aliphatic rings. The van der Waals surface area contributed by atoms with Gasteiger partial charge in [0.2, 0.25) is 0 Å². The van der Waals surface area contributed by atoms with Crippen LogP contribution in [0.4, 0.5) is 11.5 Å². The second-order valence-corrected chi connectivity index (χ2v) is 5.92. The Morgan fingerprint density at radius 2 is 2.05 bits per heavy atom. The Morgan fingerprint density at radius 3 is 2.89 bits per heavy atom. The van der Waals surface area contributed by atoms with Gasteiger partial charge in [-0.3, -0.25) is 0 Å². The molecule has 2 heterocycles. The van der Waals surface area contributed by atoms with Gasteiger partial charge in [-0.2, -0.15) is 0 Å². The summed E-state index contributed by atoms with van der Waals surface area (Å²) in [6.45, 7) is 1.97. The number of pyridine rings is 1. The van der Waals surface area contributed by atoms with Gasteiger partial charge in [-0.1, -0.05) is 18.2 Å². The van der Waals surface area contributed by atoms with Crippen molar-refractivity contribution in [1.82, 2.24) is 4.98 Å². The molecule has 2 nitrogen and oxygen atoms in total. The number of halogens is 1. The highest BCUT2D eigenvalue weighted by atomic mass is 35.5. The summed E-state index contributed by atoms with van der Waals surface area (Å²) in [4.78, 5) is 4.43. The first-order chi connectivity index (χ1) is 9.25. The van der Waals surface area contributed by atoms with Crippen molar-refractivity contribution in [2.75, 3.05) is 5.32 Å². The predicted molar refractivity (Wildman–Crippen MR) is 83.6 cm³/mol. The van der Waals surface area contributed by atoms with Crippen LogP contribution in [0, 0.1) is 0 Å². The largest absolute Gasteiger partial charge is 0.339 e. The van der Waals surface area contributed by atoms with E-state index in [2.05, 4.69) is 21.7 Å². The van der Waals surface area contributed by atoms with Crippen LogP contribution in [0.2, 0.25) is 0 Å². The number of nitrogens with one attached hydrogen (secondary N) is 1. The second kappa shape index (κ2) is 5.19. The number of fused-ring (bicyclic) bond motifs is 1. The molecule has 3 rings (SSSR count). The van der Waals surface area contributed by atoms with Gasteiger partial charge in [-0.05, 0) is 36.1 Å². The monoisotopic (exact) mass is 288 g/mol. The summed E-state index contributed by atoms with van der Waals surface area (Å²) < 4.78 is 1.23. The maximum atomic E-state index is 6.21. The summed E-state index contributed by atoms with van der Waals surface area (Å²) in [7, 11) is 0. The smallest absolute Gasteiger partial charge is 0.139 e. The fraction of sp³-hybridized carbons (Fsp3) is 0.133. The van der Waals surface area contributed by atoms with Crippen molar-refractivity contribution < 1.29 is 0 Å². The molecule has 1 atom stereocenters. The molecule has 0 bridgehead atoms. The third-order valence-electron chi connectivity index (χ3n) is 3.02. The zero-order chi connectivity index (χ0) is 13.2. The minimum atomic E-state index is -0.0367. The zero-order valence-corrected chi connectivity index (χ0v) is 12.0. The van der Waals surface area contributed by atoms with Gasteiger partial charge in [0.1, 0.15) is 5.82 Å². The number of para-hydroxylation sites is 1. The van der Waals surface area contributed by atoms with E-state index < -0.39 is 0 Å². The Morgan fingerprint density at radius 1 is 1.21 bits per heavy atom. The average Bonchev–Trinajstić information content (AvgIpc) is 2.88. The van der Waals surface area contributed by atoms with Crippen molar-refractivity contribution in [3.63, 3.8) is 0 Å². The molecule has 0 aliphatic heterocycles. The van der Waals surface area contributed by atoms with E-state index in [-0.39, 0.29) is 5.38 Å². The van der Waals surface area contributed by atoms with Crippen LogP contribution < -0.4 is 5.32 Å². The van der Waals surface area contributed by atoms with Gasteiger partial charge in [-0.15, -0.1) is 22.9 Å². The zero-order valence-electron chi connectivity index (χ0n) is 10.4. The molecule has 0 spiro atoms. The van der Waals surface area contributed by atoms with Crippen molar-refractivity contribution in [1.29, 1.82) is 0 Å². The van der Waals surface area contributed by atoms with Gasteiger partial charge >= 0.3 is 0 Å². The second-order valence-electron chi connectivity index (χ2n) is 4.32. The molecule has 0 fully saturated rings. The number of benzene rings is 1. The molecule has 0 saturated heterocycles. The van der Waals surface area contributed by atoms with Crippen molar-refractivity contribution in [3.8, 4) is 0 Å². The Kier molecular flexibility index (Phi) is 3.40. The number of anilines is 2. The van der Waals surface area contributed by atoms with E-state index >= 15 is 0 Å². The van der Waals surface area contributed by atoms with E-state index in [1.807, 2.05) is 43.5 Å². The fourth-order valence-corrected chi connectivity index (χ4v) is 3.05. The summed E-state index contributed by atoms with van der Waals surface area (Å²) in [6.07, 6.45) is 1.83. The van der Waals surface area contributed by atoms with Crippen LogP contribution in [0.1, 0.15) is 17.9 Å². The van der Waals surface area contributed by atoms with Crippen LogP contribution in [-0.4, -0.2) is 4.98 Å². The minimum Gasteiger partial charge on any atom is -0.339 e. The fourth-order valence-electron chi connectivity index (χ4n) is 2.08. The first-order valence-electron chi connectivity index (χ1n) is 6.08. The molecule has 1 unspecified atom stereocenters. The Hall–Kier alpha value is -1.58. The van der Waals surface area contributed by atoms with Gasteiger partial charge in [0.15, 0.2) is 0 Å². The summed E-state index contributed by atoms with van der Waals surface area (Å²) in [5, 5.41) is 6.58. The lowest BCUT2D eigenvalue weighted by Gasteiger charge is -2.13. The van der Waals surface area contributed by atoms with Crippen LogP contribution in [0.15, 0.2) is 48.0 Å². The molecule has 3 aromatic rings. The topological polar surface area (TPSA) is 24.9 Å². The van der Waals surface area contributed by atoms with Crippen molar-refractivity contribution in [2.24, 2.45) is 0 Å². The van der Waals surface area contributed by atoms with Crippen LogP contribution in [0.3, 0.4) is 0 Å². The van der Waals surface area contributed by atoms with Gasteiger partial charge in [0, 0.05) is 22.0 Å². The third kappa shape index (κ3) is 2.44. The number of hydrogen-bond donors (Lipinski definition) is 1. The summed E-state index contributed by atoms with van der Waals surface area (Å²) >= 11 is 7.93. The van der Waals surface area contributed by atoms with Crippen LogP contribution in [-0.2, 0) is 0 Å². The Labute approximate surface area is 121 Å². The molecule has 0 saturated carbocycles. The molecule has 0 aliphatic carbocycles. The predicted octanol–water partition coefficient (Wildman–Crippen LogP) is 5.34. The minimum absolute atomic E-state index is 0.0367. The summed E-state index contributed by atoms with van der Waals surface area (Å²) in [5.41, 5.74) is 2.09. The number of rotatable bonds is 3. The van der Waals surface area contributed by atoms with Crippen molar-refractivity contribution in [3.05, 3.63) is 53.5 Å². The number of thiophene rings is 1. The molecule has 0 radical (unpaired) electrons. The van der Waals surface area contributed by atoms with E-state index in [9.17, 15) is 0 Å². The van der Waals surface area contributed by atoms with E-state index in [0.29, 0.717) is 0 Å². The quantitative estimate of drug-likeness (QED) is 0.658. The van der Waals surface area contributed by atoms with Crippen LogP contribution >= 0.6 is 22.9 Å². The molecular weight excluding hydrogens is 276 g/mol. The first-order valence-corrected chi connectivity index (χ1v) is 7.39. The molecule has 1 N–H and O–H groups in total. The number of hydrogen-bond acceptors (Lipinski definition) is 3. The molecular formula is C15H13ClN2S. The first kappa shape index (κ1) is 12.5. The standard InChI is InChI=1S/C15H13ClN2S/c1-10(16)11-4-2-3-5-13(11)18-15-12-7-9-19-14(12)6-8-17-15/h2-10H,1H3,(H,17,18). The normalized spacial score (nSPS) is 12.5. The highest BCUT2D eigenvalue weighted by Crippen LogP contribution is 2.32. The van der Waals surface area contributed by atoms with Gasteiger partial charge < -0.3 is 5.32 Å². The van der Waals surface area contributed by atoms with Crippen molar-refractivity contribution in [2.45, 2.75) is 12.3 Å². The summed E-state index contributed by atoms with van der Waals surface area (Å²) in [5.74, 6) is 0.878. The van der Waals surface area contributed by atoms with E-state index in [4.69, 9.17) is 11.6 Å². The van der Waals surface area contributed by atoms with Crippen molar-refractivity contribution >= 4 is 44.5 Å². The number of alkyl halides is 1. The van der Waals surface area contributed by atoms with Gasteiger partial charge in [0.25, 0.3) is 0 Å². The molecule has 1 aromatic carbocycles. The van der Waals surface area contributed by atoms with Gasteiger partial charge in [-0.25, -0.2) is 4.98 Å². The Bertz CT molecular complexity index is 706. The third-order valence-corrected chi connectivity index (χ3v) is 4.14. The Balaban J connectivity index is 2.04. The SMILES string of the molecule is CC(Cl)c1ccccc1Nc1nccc2sccc12.